The molecule has 1 aliphatic heterocycles. The first-order valence-corrected chi connectivity index (χ1v) is 9.96. The maximum Gasteiger partial charge on any atom is 0.162 e. The first-order chi connectivity index (χ1) is 14.4. The minimum absolute atomic E-state index is 0.890. The molecule has 0 saturated carbocycles. The van der Waals surface area contributed by atoms with Crippen LogP contribution in [0.5, 0.6) is 0 Å². The molecule has 4 heterocycles. The number of imidazole rings is 1. The van der Waals surface area contributed by atoms with Gasteiger partial charge in [0, 0.05) is 60.6 Å². The van der Waals surface area contributed by atoms with E-state index in [0.717, 1.165) is 64.9 Å². The summed E-state index contributed by atoms with van der Waals surface area (Å²) >= 11 is 0. The lowest BCUT2D eigenvalue weighted by Gasteiger charge is -2.29. The maximum absolute atomic E-state index is 5.03. The van der Waals surface area contributed by atoms with Crippen molar-refractivity contribution in [1.29, 1.82) is 0 Å². The van der Waals surface area contributed by atoms with Crippen molar-refractivity contribution in [3.05, 3.63) is 67.0 Å². The molecule has 1 aliphatic rings. The summed E-state index contributed by atoms with van der Waals surface area (Å²) in [6, 6.07) is 18.8. The summed E-state index contributed by atoms with van der Waals surface area (Å²) in [5, 5.41) is 10.6. The molecule has 29 heavy (non-hydrogen) atoms. The topological polar surface area (TPSA) is 58.4 Å². The van der Waals surface area contributed by atoms with Gasteiger partial charge in [-0.05, 0) is 30.3 Å². The molecule has 0 bridgehead atoms. The first-order valence-electron chi connectivity index (χ1n) is 9.96. The molecule has 0 aliphatic carbocycles. The number of benzene rings is 2. The number of pyridine rings is 1. The Bertz CT molecular complexity index is 1340. The minimum atomic E-state index is 0.890. The van der Waals surface area contributed by atoms with Crippen LogP contribution in [0.2, 0.25) is 0 Å². The molecule has 5 aromatic rings. The summed E-state index contributed by atoms with van der Waals surface area (Å²) < 4.78 is 1.99. The molecule has 0 spiro atoms. The zero-order valence-electron chi connectivity index (χ0n) is 15.9. The lowest BCUT2D eigenvalue weighted by molar-refractivity contribution is 0.589. The number of hydrogen-bond donors (Lipinski definition) is 1. The van der Waals surface area contributed by atoms with E-state index in [-0.39, 0.29) is 0 Å². The number of fused-ring (bicyclic) bond motifs is 5. The van der Waals surface area contributed by atoms with Gasteiger partial charge in [0.05, 0.1) is 11.0 Å². The number of rotatable bonds is 2. The number of nitrogens with one attached hydrogen (secondary N) is 1. The van der Waals surface area contributed by atoms with Gasteiger partial charge in [-0.15, -0.1) is 0 Å². The van der Waals surface area contributed by atoms with Crippen LogP contribution in [-0.2, 0) is 0 Å². The average Bonchev–Trinajstić information content (AvgIpc) is 3.18. The lowest BCUT2D eigenvalue weighted by atomic mass is 10.1. The monoisotopic (exact) mass is 380 g/mol. The quantitative estimate of drug-likeness (QED) is 0.508. The molecule has 1 saturated heterocycles. The Balaban J connectivity index is 1.65. The number of nitrogens with zero attached hydrogens (tertiary/aromatic N) is 5. The Hall–Kier alpha value is -3.51. The molecule has 142 valence electrons. The highest BCUT2D eigenvalue weighted by Crippen LogP contribution is 2.31. The zero-order chi connectivity index (χ0) is 19.2. The number of piperazine rings is 1. The number of aromatic nitrogens is 4. The van der Waals surface area contributed by atoms with E-state index in [4.69, 9.17) is 10.1 Å². The summed E-state index contributed by atoms with van der Waals surface area (Å²) in [4.78, 5) is 11.6. The van der Waals surface area contributed by atoms with Crippen LogP contribution in [0.3, 0.4) is 0 Å². The van der Waals surface area contributed by atoms with Gasteiger partial charge in [0.2, 0.25) is 0 Å². The summed E-state index contributed by atoms with van der Waals surface area (Å²) in [6.45, 7) is 4.05. The molecule has 6 rings (SSSR count). The summed E-state index contributed by atoms with van der Waals surface area (Å²) in [5.41, 5.74) is 6.04. The predicted molar refractivity (Wildman–Crippen MR) is 116 cm³/mol. The van der Waals surface area contributed by atoms with Crippen molar-refractivity contribution < 1.29 is 0 Å². The standard InChI is InChI=1S/C23H20N6/c1-2-6-19-18(5-1)22(16-4-3-9-25-15-16)27-29-21-14-17(28-12-10-24-11-13-28)7-8-20(21)26-23(19)29/h1-9,14-15,24H,10-13H2. The second kappa shape index (κ2) is 6.53. The van der Waals surface area contributed by atoms with Crippen LogP contribution >= 0.6 is 0 Å². The van der Waals surface area contributed by atoms with Crippen LogP contribution in [0.15, 0.2) is 67.0 Å². The van der Waals surface area contributed by atoms with Crippen molar-refractivity contribution >= 4 is 33.1 Å². The number of hydrogen-bond acceptors (Lipinski definition) is 5. The second-order valence-corrected chi connectivity index (χ2v) is 7.39. The molecule has 1 fully saturated rings. The van der Waals surface area contributed by atoms with Gasteiger partial charge in [-0.2, -0.15) is 5.10 Å². The van der Waals surface area contributed by atoms with E-state index in [0.29, 0.717) is 0 Å². The second-order valence-electron chi connectivity index (χ2n) is 7.39. The first kappa shape index (κ1) is 16.4. The molecule has 6 nitrogen and oxygen atoms in total. The summed E-state index contributed by atoms with van der Waals surface area (Å²) in [5.74, 6) is 0. The highest BCUT2D eigenvalue weighted by Gasteiger charge is 2.16. The van der Waals surface area contributed by atoms with E-state index in [1.54, 1.807) is 6.20 Å². The van der Waals surface area contributed by atoms with E-state index in [9.17, 15) is 0 Å². The van der Waals surface area contributed by atoms with Crippen molar-refractivity contribution in [2.75, 3.05) is 31.1 Å². The van der Waals surface area contributed by atoms with Crippen LogP contribution in [0.4, 0.5) is 5.69 Å². The van der Waals surface area contributed by atoms with Crippen LogP contribution < -0.4 is 10.2 Å². The highest BCUT2D eigenvalue weighted by molar-refractivity contribution is 6.04. The third-order valence-electron chi connectivity index (χ3n) is 5.65. The Kier molecular flexibility index (Phi) is 3.70. The zero-order valence-corrected chi connectivity index (χ0v) is 15.9. The van der Waals surface area contributed by atoms with Gasteiger partial charge < -0.3 is 10.2 Å². The average molecular weight is 380 g/mol. The van der Waals surface area contributed by atoms with Crippen molar-refractivity contribution in [1.82, 2.24) is 24.9 Å². The Labute approximate surface area is 167 Å². The Morgan fingerprint density at radius 1 is 0.897 bits per heavy atom. The Morgan fingerprint density at radius 3 is 2.59 bits per heavy atom. The Morgan fingerprint density at radius 2 is 1.76 bits per heavy atom. The third kappa shape index (κ3) is 2.64. The molecule has 3 aromatic heterocycles. The molecule has 0 atom stereocenters. The molecular formula is C23H20N6. The molecular weight excluding hydrogens is 360 g/mol. The molecule has 0 radical (unpaired) electrons. The van der Waals surface area contributed by atoms with Crippen molar-refractivity contribution in [3.8, 4) is 11.3 Å². The van der Waals surface area contributed by atoms with Gasteiger partial charge >= 0.3 is 0 Å². The predicted octanol–water partition coefficient (Wildman–Crippen LogP) is 3.51. The van der Waals surface area contributed by atoms with Crippen molar-refractivity contribution in [3.63, 3.8) is 0 Å². The van der Waals surface area contributed by atoms with Gasteiger partial charge in [0.15, 0.2) is 5.65 Å². The van der Waals surface area contributed by atoms with E-state index in [1.807, 2.05) is 22.8 Å². The van der Waals surface area contributed by atoms with E-state index >= 15 is 0 Å². The van der Waals surface area contributed by atoms with E-state index < -0.39 is 0 Å². The van der Waals surface area contributed by atoms with Gasteiger partial charge in [-0.3, -0.25) is 4.98 Å². The molecule has 0 unspecified atom stereocenters. The maximum atomic E-state index is 5.03. The summed E-state index contributed by atoms with van der Waals surface area (Å²) in [6.07, 6.45) is 3.66. The largest absolute Gasteiger partial charge is 0.369 e. The van der Waals surface area contributed by atoms with Crippen LogP contribution in [-0.4, -0.2) is 45.8 Å². The smallest absolute Gasteiger partial charge is 0.162 e. The van der Waals surface area contributed by atoms with Gasteiger partial charge in [-0.25, -0.2) is 9.50 Å². The van der Waals surface area contributed by atoms with Gasteiger partial charge in [-0.1, -0.05) is 24.3 Å². The molecule has 6 heteroatoms. The van der Waals surface area contributed by atoms with Gasteiger partial charge in [0.25, 0.3) is 0 Å². The third-order valence-corrected chi connectivity index (χ3v) is 5.65. The van der Waals surface area contributed by atoms with E-state index in [1.165, 1.54) is 5.69 Å². The number of anilines is 1. The fraction of sp³-hybridized carbons (Fsp3) is 0.174. The molecule has 1 N–H and O–H groups in total. The van der Waals surface area contributed by atoms with Crippen LogP contribution in [0.1, 0.15) is 0 Å². The minimum Gasteiger partial charge on any atom is -0.369 e. The SMILES string of the molecule is c1cncc(-c2nn3c4cc(N5CCNCC5)ccc4nc3c3ccccc23)c1. The van der Waals surface area contributed by atoms with Crippen molar-refractivity contribution in [2.45, 2.75) is 0 Å². The van der Waals surface area contributed by atoms with Crippen LogP contribution in [0.25, 0.3) is 38.7 Å². The fourth-order valence-electron chi connectivity index (χ4n) is 4.20. The lowest BCUT2D eigenvalue weighted by Crippen LogP contribution is -2.43. The van der Waals surface area contributed by atoms with Crippen molar-refractivity contribution in [2.24, 2.45) is 0 Å². The molecule has 0 amide bonds. The fourth-order valence-corrected chi connectivity index (χ4v) is 4.20. The van der Waals surface area contributed by atoms with Gasteiger partial charge in [0.1, 0.15) is 5.69 Å². The highest BCUT2D eigenvalue weighted by atomic mass is 15.3. The van der Waals surface area contributed by atoms with E-state index in [2.05, 4.69) is 57.7 Å². The summed E-state index contributed by atoms with van der Waals surface area (Å²) in [7, 11) is 0. The molecule has 2 aromatic carbocycles. The normalized spacial score (nSPS) is 14.8. The van der Waals surface area contributed by atoms with Crippen LogP contribution in [0, 0.1) is 0 Å².